The van der Waals surface area contributed by atoms with Gasteiger partial charge in [0.2, 0.25) is 0 Å². The molecule has 2 N–H and O–H groups in total. The molecule has 0 bridgehead atoms. The van der Waals surface area contributed by atoms with Crippen LogP contribution in [0.3, 0.4) is 0 Å². The molecule has 4 fully saturated rings. The molecular weight excluding hydrogens is 472 g/mol. The third-order valence-corrected chi connectivity index (χ3v) is 16.1. The van der Waals surface area contributed by atoms with E-state index in [2.05, 4.69) is 47.7 Å². The van der Waals surface area contributed by atoms with Crippen molar-refractivity contribution >= 4 is 14.1 Å². The maximum absolute atomic E-state index is 14.1. The molecule has 0 radical (unpaired) electrons. The molecule has 204 valence electrons. The van der Waals surface area contributed by atoms with Gasteiger partial charge in [-0.15, -0.1) is 0 Å². The van der Waals surface area contributed by atoms with Crippen molar-refractivity contribution < 1.29 is 28.9 Å². The molecular formula is C29H48O6Si. The second-order valence-electron chi connectivity index (χ2n) is 14.8. The van der Waals surface area contributed by atoms with Gasteiger partial charge in [0.1, 0.15) is 0 Å². The van der Waals surface area contributed by atoms with Crippen LogP contribution in [0, 0.1) is 34.5 Å². The summed E-state index contributed by atoms with van der Waals surface area (Å²) in [5, 5.41) is 21.6. The molecule has 7 atom stereocenters. The van der Waals surface area contributed by atoms with Crippen LogP contribution in [0.2, 0.25) is 18.1 Å². The summed E-state index contributed by atoms with van der Waals surface area (Å²) < 4.78 is 19.4. The molecule has 1 saturated heterocycles. The van der Waals surface area contributed by atoms with Crippen LogP contribution >= 0.6 is 0 Å². The fourth-order valence-electron chi connectivity index (χ4n) is 8.74. The summed E-state index contributed by atoms with van der Waals surface area (Å²) in [4.78, 5) is 14.1. The van der Waals surface area contributed by atoms with Crippen LogP contribution in [0.25, 0.3) is 0 Å². The van der Waals surface area contributed by atoms with Crippen LogP contribution in [0.1, 0.15) is 80.1 Å². The highest BCUT2D eigenvalue weighted by atomic mass is 28.4. The molecule has 6 nitrogen and oxygen atoms in total. The Balaban J connectivity index is 1.60. The summed E-state index contributed by atoms with van der Waals surface area (Å²) >= 11 is 0. The van der Waals surface area contributed by atoms with Crippen LogP contribution in [0.15, 0.2) is 11.6 Å². The summed E-state index contributed by atoms with van der Waals surface area (Å²) in [5.41, 5.74) is 0.642. The van der Waals surface area contributed by atoms with Crippen molar-refractivity contribution in [1.29, 1.82) is 0 Å². The summed E-state index contributed by atoms with van der Waals surface area (Å²) in [7, 11) is -2.16. The number of fused-ring (bicyclic) bond motifs is 5. The van der Waals surface area contributed by atoms with Crippen molar-refractivity contribution in [2.75, 3.05) is 13.2 Å². The van der Waals surface area contributed by atoms with E-state index >= 15 is 0 Å². The first kappa shape index (κ1) is 27.0. The van der Waals surface area contributed by atoms with E-state index in [-0.39, 0.29) is 51.4 Å². The van der Waals surface area contributed by atoms with Gasteiger partial charge in [0, 0.05) is 36.7 Å². The molecule has 0 aromatic rings. The normalized spacial score (nSPS) is 42.7. The molecule has 0 aromatic heterocycles. The van der Waals surface area contributed by atoms with E-state index in [0.717, 1.165) is 37.7 Å². The van der Waals surface area contributed by atoms with Gasteiger partial charge in [-0.2, -0.15) is 0 Å². The lowest BCUT2D eigenvalue weighted by Gasteiger charge is -2.62. The lowest BCUT2D eigenvalue weighted by molar-refractivity contribution is -0.228. The van der Waals surface area contributed by atoms with Gasteiger partial charge < -0.3 is 24.1 Å². The Morgan fingerprint density at radius 3 is 2.28 bits per heavy atom. The third-order valence-electron chi connectivity index (χ3n) is 11.6. The highest BCUT2D eigenvalue weighted by Crippen LogP contribution is 2.68. The molecule has 0 amide bonds. The Labute approximate surface area is 218 Å². The largest absolute Gasteiger partial charge is 0.414 e. The van der Waals surface area contributed by atoms with Gasteiger partial charge in [0.15, 0.2) is 25.7 Å². The molecule has 4 aliphatic carbocycles. The minimum atomic E-state index is -2.16. The molecule has 1 spiro atoms. The molecule has 0 aromatic carbocycles. The zero-order valence-corrected chi connectivity index (χ0v) is 24.6. The molecule has 36 heavy (non-hydrogen) atoms. The van der Waals surface area contributed by atoms with Gasteiger partial charge in [-0.1, -0.05) is 40.2 Å². The smallest absolute Gasteiger partial charge is 0.192 e. The van der Waals surface area contributed by atoms with Crippen LogP contribution in [-0.4, -0.2) is 55.2 Å². The minimum absolute atomic E-state index is 0.0399. The third kappa shape index (κ3) is 3.94. The van der Waals surface area contributed by atoms with Crippen LogP contribution < -0.4 is 0 Å². The average Bonchev–Trinajstić information content (AvgIpc) is 3.32. The summed E-state index contributed by atoms with van der Waals surface area (Å²) in [6, 6.07) is 0. The first-order chi connectivity index (χ1) is 16.4. The van der Waals surface area contributed by atoms with Gasteiger partial charge in [0.25, 0.3) is 0 Å². The van der Waals surface area contributed by atoms with Gasteiger partial charge in [-0.3, -0.25) is 4.79 Å². The Hall–Kier alpha value is -0.573. The number of hydrogen-bond donors (Lipinski definition) is 2. The molecule has 7 heteroatoms. The number of rotatable bonds is 3. The second kappa shape index (κ2) is 8.22. The summed E-state index contributed by atoms with van der Waals surface area (Å²) in [6.45, 7) is 18.7. The van der Waals surface area contributed by atoms with E-state index in [0.29, 0.717) is 19.6 Å². The average molecular weight is 521 g/mol. The lowest BCUT2D eigenvalue weighted by Crippen LogP contribution is -2.63. The number of allylic oxidation sites excluding steroid dienone is 1. The van der Waals surface area contributed by atoms with Crippen molar-refractivity contribution in [2.45, 2.75) is 116 Å². The fraction of sp³-hybridized carbons (Fsp3) is 0.897. The van der Waals surface area contributed by atoms with Crippen molar-refractivity contribution in [2.24, 2.45) is 34.5 Å². The number of ketones is 1. The van der Waals surface area contributed by atoms with E-state index < -0.39 is 19.9 Å². The second-order valence-corrected chi connectivity index (χ2v) is 19.5. The van der Waals surface area contributed by atoms with E-state index in [4.69, 9.17) is 13.9 Å². The van der Waals surface area contributed by atoms with Gasteiger partial charge in [0.05, 0.1) is 13.2 Å². The number of aliphatic hydroxyl groups is 2. The number of ether oxygens (including phenoxy) is 2. The monoisotopic (exact) mass is 520 g/mol. The summed E-state index contributed by atoms with van der Waals surface area (Å²) in [5.74, 6) is -2.37. The Bertz CT molecular complexity index is 938. The van der Waals surface area contributed by atoms with Crippen molar-refractivity contribution in [3.63, 3.8) is 0 Å². The zero-order valence-electron chi connectivity index (χ0n) is 23.6. The van der Waals surface area contributed by atoms with E-state index in [9.17, 15) is 15.0 Å². The predicted octanol–water partition coefficient (Wildman–Crippen LogP) is 5.19. The SMILES string of the molecule is CC(O)(O)C1CCC2C3C(=O)C=C4CC5(CC[C@]4(C)C3[C@H](O[Si](C)(C)C(C)(C)C)C[C@@]21C)OCCO5. The number of carbonyl (C=O) groups is 1. The van der Waals surface area contributed by atoms with Crippen molar-refractivity contribution in [3.8, 4) is 0 Å². The first-order valence-corrected chi connectivity index (χ1v) is 17.0. The number of hydrogen-bond acceptors (Lipinski definition) is 6. The Kier molecular flexibility index (Phi) is 6.16. The van der Waals surface area contributed by atoms with Gasteiger partial charge in [-0.25, -0.2) is 0 Å². The molecule has 1 heterocycles. The summed E-state index contributed by atoms with van der Waals surface area (Å²) in [6.07, 6.45) is 6.57. The van der Waals surface area contributed by atoms with E-state index in [1.807, 2.05) is 6.08 Å². The van der Waals surface area contributed by atoms with Gasteiger partial charge >= 0.3 is 0 Å². The van der Waals surface area contributed by atoms with E-state index in [1.54, 1.807) is 0 Å². The van der Waals surface area contributed by atoms with Crippen molar-refractivity contribution in [1.82, 2.24) is 0 Å². The van der Waals surface area contributed by atoms with Crippen LogP contribution in [0.4, 0.5) is 0 Å². The molecule has 4 unspecified atom stereocenters. The predicted molar refractivity (Wildman–Crippen MR) is 141 cm³/mol. The van der Waals surface area contributed by atoms with Crippen molar-refractivity contribution in [3.05, 3.63) is 11.6 Å². The molecule has 1 aliphatic heterocycles. The quantitative estimate of drug-likeness (QED) is 0.394. The zero-order chi connectivity index (χ0) is 26.5. The Morgan fingerprint density at radius 1 is 1.06 bits per heavy atom. The molecule has 3 saturated carbocycles. The highest BCUT2D eigenvalue weighted by Gasteiger charge is 2.67. The highest BCUT2D eigenvalue weighted by molar-refractivity contribution is 6.74. The first-order valence-electron chi connectivity index (χ1n) is 14.1. The number of carbonyl (C=O) groups excluding carboxylic acids is 1. The fourth-order valence-corrected chi connectivity index (χ4v) is 10.1. The van der Waals surface area contributed by atoms with Crippen LogP contribution in [0.5, 0.6) is 0 Å². The minimum Gasteiger partial charge on any atom is -0.414 e. The van der Waals surface area contributed by atoms with Crippen LogP contribution in [-0.2, 0) is 18.7 Å². The maximum Gasteiger partial charge on any atom is 0.192 e. The Morgan fingerprint density at radius 2 is 1.69 bits per heavy atom. The molecule has 5 rings (SSSR count). The molecule has 5 aliphatic rings. The maximum atomic E-state index is 14.1. The standard InChI is InChI=1S/C29H48O6Si/c1-25(2,3)36(7,8)35-21-17-27(5)19(9-10-22(27)28(6,31)32)23-20(30)15-18-16-29(33-13-14-34-29)12-11-26(18,4)24(21)23/h15,19,21-24,31-32H,9-14,16-17H2,1-8H3/t19?,21-,22?,23?,24?,26+,27+/m1/s1. The topological polar surface area (TPSA) is 85.2 Å². The van der Waals surface area contributed by atoms with E-state index in [1.165, 1.54) is 6.92 Å². The van der Waals surface area contributed by atoms with Gasteiger partial charge in [-0.05, 0) is 73.6 Å². The lowest BCUT2D eigenvalue weighted by atomic mass is 9.45.